The summed E-state index contributed by atoms with van der Waals surface area (Å²) < 4.78 is 1.76. The van der Waals surface area contributed by atoms with Crippen molar-refractivity contribution in [2.45, 2.75) is 12.5 Å². The number of hydrogen-bond donors (Lipinski definition) is 2. The normalized spacial score (nSPS) is 11.5. The van der Waals surface area contributed by atoms with Crippen LogP contribution in [0.4, 0.5) is 5.69 Å². The molecule has 33 heavy (non-hydrogen) atoms. The quantitative estimate of drug-likeness (QED) is 0.428. The van der Waals surface area contributed by atoms with Gasteiger partial charge in [0, 0.05) is 31.0 Å². The van der Waals surface area contributed by atoms with Gasteiger partial charge in [-0.25, -0.2) is 0 Å². The lowest BCUT2D eigenvalue weighted by Gasteiger charge is -2.19. The maximum Gasteiger partial charge on any atom is 0.246 e. The first-order valence-electron chi connectivity index (χ1n) is 10.8. The molecule has 0 aliphatic carbocycles. The molecule has 1 unspecified atom stereocenters. The molecule has 1 aromatic heterocycles. The third-order valence-electron chi connectivity index (χ3n) is 5.43. The molecule has 0 saturated heterocycles. The lowest BCUT2D eigenvalue weighted by atomic mass is 10.0. The van der Waals surface area contributed by atoms with E-state index in [1.165, 1.54) is 0 Å². The van der Waals surface area contributed by atoms with E-state index < -0.39 is 6.04 Å². The van der Waals surface area contributed by atoms with Gasteiger partial charge in [-0.3, -0.25) is 9.48 Å². The molecule has 3 aromatic carbocycles. The van der Waals surface area contributed by atoms with Crippen molar-refractivity contribution >= 4 is 11.6 Å². The van der Waals surface area contributed by atoms with E-state index >= 15 is 0 Å². The zero-order valence-corrected chi connectivity index (χ0v) is 18.4. The average molecular weight is 436 g/mol. The van der Waals surface area contributed by atoms with Gasteiger partial charge in [0.05, 0.1) is 17.8 Å². The molecule has 0 aliphatic rings. The summed E-state index contributed by atoms with van der Waals surface area (Å²) >= 11 is 0. The second-order valence-electron chi connectivity index (χ2n) is 7.83. The van der Waals surface area contributed by atoms with Crippen molar-refractivity contribution in [3.8, 4) is 17.2 Å². The van der Waals surface area contributed by atoms with E-state index in [0.29, 0.717) is 12.1 Å². The number of hydrogen-bond acceptors (Lipinski definition) is 4. The van der Waals surface area contributed by atoms with Gasteiger partial charge in [0.2, 0.25) is 5.91 Å². The molecule has 164 valence electrons. The third kappa shape index (κ3) is 5.73. The molecule has 4 aromatic rings. The van der Waals surface area contributed by atoms with E-state index in [4.69, 9.17) is 5.26 Å². The van der Waals surface area contributed by atoms with Gasteiger partial charge >= 0.3 is 0 Å². The van der Waals surface area contributed by atoms with Crippen molar-refractivity contribution < 1.29 is 4.79 Å². The standard InChI is InChI=1S/C27H25N5O/c1-32-19-24(18-30-32)22-11-13-25(14-12-22)31-27(33)26(23-5-3-2-4-6-23)29-16-15-20-7-9-21(17-28)10-8-20/h2-14,18-19,26,29H,15-16H2,1H3,(H,31,33). The van der Waals surface area contributed by atoms with E-state index in [0.717, 1.165) is 34.4 Å². The number of aromatic nitrogens is 2. The Hall–Kier alpha value is -4.21. The SMILES string of the molecule is Cn1cc(-c2ccc(NC(=O)C(NCCc3ccc(C#N)cc3)c3ccccc3)cc2)cn1. The Bertz CT molecular complexity index is 1240. The summed E-state index contributed by atoms with van der Waals surface area (Å²) in [6.45, 7) is 0.624. The van der Waals surface area contributed by atoms with Crippen LogP contribution in [0.25, 0.3) is 11.1 Å². The van der Waals surface area contributed by atoms with Crippen LogP contribution in [0.2, 0.25) is 0 Å². The van der Waals surface area contributed by atoms with Crippen LogP contribution >= 0.6 is 0 Å². The minimum absolute atomic E-state index is 0.116. The number of anilines is 1. The van der Waals surface area contributed by atoms with Crippen LogP contribution < -0.4 is 10.6 Å². The van der Waals surface area contributed by atoms with Crippen molar-refractivity contribution in [2.24, 2.45) is 7.05 Å². The highest BCUT2D eigenvalue weighted by Gasteiger charge is 2.20. The van der Waals surface area contributed by atoms with Gasteiger partial charge in [0.1, 0.15) is 6.04 Å². The zero-order chi connectivity index (χ0) is 23.0. The van der Waals surface area contributed by atoms with Crippen LogP contribution in [-0.2, 0) is 18.3 Å². The summed E-state index contributed by atoms with van der Waals surface area (Å²) in [5, 5.41) is 19.6. The average Bonchev–Trinajstić information content (AvgIpc) is 3.29. The fourth-order valence-electron chi connectivity index (χ4n) is 3.64. The molecule has 0 radical (unpaired) electrons. The zero-order valence-electron chi connectivity index (χ0n) is 18.4. The number of benzene rings is 3. The van der Waals surface area contributed by atoms with Crippen molar-refractivity contribution in [3.63, 3.8) is 0 Å². The smallest absolute Gasteiger partial charge is 0.246 e. The Morgan fingerprint density at radius 1 is 1.00 bits per heavy atom. The number of amides is 1. The maximum atomic E-state index is 13.2. The molecule has 1 atom stereocenters. The predicted octanol–water partition coefficient (Wildman–Crippen LogP) is 4.47. The summed E-state index contributed by atoms with van der Waals surface area (Å²) in [5.74, 6) is -0.116. The van der Waals surface area contributed by atoms with Crippen molar-refractivity contribution in [1.29, 1.82) is 5.26 Å². The first-order valence-corrected chi connectivity index (χ1v) is 10.8. The first-order chi connectivity index (χ1) is 16.1. The molecule has 6 heteroatoms. The first kappa shape index (κ1) is 22.0. The fraction of sp³-hybridized carbons (Fsp3) is 0.148. The van der Waals surface area contributed by atoms with Gasteiger partial charge in [-0.05, 0) is 47.4 Å². The van der Waals surface area contributed by atoms with Crippen molar-refractivity contribution in [3.05, 3.63) is 108 Å². The fourth-order valence-corrected chi connectivity index (χ4v) is 3.64. The van der Waals surface area contributed by atoms with Gasteiger partial charge in [-0.2, -0.15) is 10.4 Å². The van der Waals surface area contributed by atoms with Gasteiger partial charge in [-0.15, -0.1) is 0 Å². The topological polar surface area (TPSA) is 82.7 Å². The highest BCUT2D eigenvalue weighted by molar-refractivity contribution is 5.95. The molecule has 0 spiro atoms. The third-order valence-corrected chi connectivity index (χ3v) is 5.43. The number of nitrogens with zero attached hydrogens (tertiary/aromatic N) is 3. The number of nitriles is 1. The Balaban J connectivity index is 1.42. The molecule has 1 heterocycles. The monoisotopic (exact) mass is 435 g/mol. The summed E-state index contributed by atoms with van der Waals surface area (Å²) in [5.41, 5.74) is 5.47. The van der Waals surface area contributed by atoms with Crippen LogP contribution in [0.1, 0.15) is 22.7 Å². The Morgan fingerprint density at radius 2 is 1.73 bits per heavy atom. The summed E-state index contributed by atoms with van der Waals surface area (Å²) in [7, 11) is 1.89. The molecule has 0 saturated carbocycles. The molecule has 2 N–H and O–H groups in total. The number of carbonyl (C=O) groups excluding carboxylic acids is 1. The van der Waals surface area contributed by atoms with Crippen LogP contribution in [0, 0.1) is 11.3 Å². The molecule has 0 aliphatic heterocycles. The van der Waals surface area contributed by atoms with E-state index in [-0.39, 0.29) is 5.91 Å². The van der Waals surface area contributed by atoms with E-state index in [9.17, 15) is 4.79 Å². The highest BCUT2D eigenvalue weighted by Crippen LogP contribution is 2.22. The van der Waals surface area contributed by atoms with E-state index in [1.807, 2.05) is 98.3 Å². The summed E-state index contributed by atoms with van der Waals surface area (Å²) in [4.78, 5) is 13.2. The minimum atomic E-state index is -0.484. The van der Waals surface area contributed by atoms with Crippen LogP contribution in [0.5, 0.6) is 0 Å². The maximum absolute atomic E-state index is 13.2. The predicted molar refractivity (Wildman–Crippen MR) is 129 cm³/mol. The summed E-state index contributed by atoms with van der Waals surface area (Å²) in [6, 6.07) is 26.6. The van der Waals surface area contributed by atoms with Gasteiger partial charge < -0.3 is 10.6 Å². The van der Waals surface area contributed by atoms with Crippen LogP contribution in [0.15, 0.2) is 91.3 Å². The molecule has 0 bridgehead atoms. The second-order valence-corrected chi connectivity index (χ2v) is 7.83. The van der Waals surface area contributed by atoms with Gasteiger partial charge in [-0.1, -0.05) is 54.6 Å². The van der Waals surface area contributed by atoms with Gasteiger partial charge in [0.15, 0.2) is 0 Å². The number of nitrogens with one attached hydrogen (secondary N) is 2. The molecular formula is C27H25N5O. The molecule has 1 amide bonds. The molecule has 4 rings (SSSR count). The van der Waals surface area contributed by atoms with E-state index in [1.54, 1.807) is 4.68 Å². The van der Waals surface area contributed by atoms with Crippen LogP contribution in [-0.4, -0.2) is 22.2 Å². The molecule has 0 fully saturated rings. The number of rotatable bonds is 8. The Kier molecular flexibility index (Phi) is 6.93. The number of aryl methyl sites for hydroxylation is 1. The largest absolute Gasteiger partial charge is 0.324 e. The lowest BCUT2D eigenvalue weighted by Crippen LogP contribution is -2.34. The summed E-state index contributed by atoms with van der Waals surface area (Å²) in [6.07, 6.45) is 4.52. The lowest BCUT2D eigenvalue weighted by molar-refractivity contribution is -0.118. The van der Waals surface area contributed by atoms with Crippen molar-refractivity contribution in [1.82, 2.24) is 15.1 Å². The Morgan fingerprint density at radius 3 is 2.36 bits per heavy atom. The minimum Gasteiger partial charge on any atom is -0.324 e. The Labute approximate surface area is 193 Å². The van der Waals surface area contributed by atoms with Crippen LogP contribution in [0.3, 0.4) is 0 Å². The molecule has 6 nitrogen and oxygen atoms in total. The second kappa shape index (κ2) is 10.4. The van der Waals surface area contributed by atoms with Crippen molar-refractivity contribution in [2.75, 3.05) is 11.9 Å². The number of carbonyl (C=O) groups is 1. The molecular weight excluding hydrogens is 410 g/mol. The van der Waals surface area contributed by atoms with E-state index in [2.05, 4.69) is 21.8 Å². The van der Waals surface area contributed by atoms with Gasteiger partial charge in [0.25, 0.3) is 0 Å². The highest BCUT2D eigenvalue weighted by atomic mass is 16.2.